The first-order valence-electron chi connectivity index (χ1n) is 11.1. The molecule has 1 fully saturated rings. The first kappa shape index (κ1) is 23.6. The molecule has 0 bridgehead atoms. The Balaban J connectivity index is 1.45. The van der Waals surface area contributed by atoms with Crippen LogP contribution in [0.4, 0.5) is 24.5 Å². The van der Waals surface area contributed by atoms with Gasteiger partial charge < -0.3 is 15.1 Å². The summed E-state index contributed by atoms with van der Waals surface area (Å²) in [5.41, 5.74) is 0.425. The number of carbonyl (C=O) groups is 2. The normalized spacial score (nSPS) is 14.8. The fraction of sp³-hybridized carbons (Fsp3) is 0.308. The number of nitrogens with zero attached hydrogens (tertiary/aromatic N) is 2. The molecule has 3 aromatic rings. The molecule has 1 saturated heterocycles. The van der Waals surface area contributed by atoms with Gasteiger partial charge in [-0.3, -0.25) is 9.59 Å². The maximum absolute atomic E-state index is 13.2. The van der Waals surface area contributed by atoms with E-state index in [1.54, 1.807) is 30.0 Å². The van der Waals surface area contributed by atoms with Gasteiger partial charge in [0.05, 0.1) is 16.9 Å². The lowest BCUT2D eigenvalue weighted by molar-refractivity contribution is -0.137. The van der Waals surface area contributed by atoms with Gasteiger partial charge in [0, 0.05) is 38.7 Å². The Morgan fingerprint density at radius 1 is 0.971 bits per heavy atom. The minimum Gasteiger partial charge on any atom is -0.376 e. The molecule has 1 heterocycles. The summed E-state index contributed by atoms with van der Waals surface area (Å²) in [6.07, 6.45) is -3.62. The number of carbonyl (C=O) groups excluding carboxylic acids is 2. The van der Waals surface area contributed by atoms with Crippen molar-refractivity contribution < 1.29 is 22.8 Å². The molecular weight excluding hydrogens is 443 g/mol. The van der Waals surface area contributed by atoms with Gasteiger partial charge in [-0.05, 0) is 47.9 Å². The summed E-state index contributed by atoms with van der Waals surface area (Å²) in [4.78, 5) is 29.4. The summed E-state index contributed by atoms with van der Waals surface area (Å²) >= 11 is 0. The second-order valence-electron chi connectivity index (χ2n) is 8.71. The van der Waals surface area contributed by atoms with Gasteiger partial charge in [0.1, 0.15) is 0 Å². The Labute approximate surface area is 196 Å². The van der Waals surface area contributed by atoms with Crippen LogP contribution >= 0.6 is 0 Å². The van der Waals surface area contributed by atoms with Gasteiger partial charge >= 0.3 is 6.18 Å². The number of hydrogen-bond acceptors (Lipinski definition) is 3. The third kappa shape index (κ3) is 4.85. The Bertz CT molecular complexity index is 1210. The highest BCUT2D eigenvalue weighted by molar-refractivity contribution is 6.07. The Hall–Kier alpha value is -3.55. The average molecular weight is 470 g/mol. The number of piperidine rings is 1. The Morgan fingerprint density at radius 2 is 1.65 bits per heavy atom. The summed E-state index contributed by atoms with van der Waals surface area (Å²) in [5, 5.41) is 4.56. The number of likely N-dealkylation sites (tertiary alicyclic amines) is 1. The topological polar surface area (TPSA) is 52.7 Å². The highest BCUT2D eigenvalue weighted by Crippen LogP contribution is 2.35. The van der Waals surface area contributed by atoms with Crippen molar-refractivity contribution in [2.45, 2.75) is 19.0 Å². The van der Waals surface area contributed by atoms with Crippen LogP contribution in [0.15, 0.2) is 60.7 Å². The number of nitrogens with one attached hydrogen (secondary N) is 1. The Kier molecular flexibility index (Phi) is 6.50. The molecular formula is C26H26F3N3O2. The predicted octanol–water partition coefficient (Wildman–Crippen LogP) is 5.42. The van der Waals surface area contributed by atoms with Crippen molar-refractivity contribution in [3.63, 3.8) is 0 Å². The molecule has 178 valence electrons. The molecule has 0 spiro atoms. The highest BCUT2D eigenvalue weighted by atomic mass is 19.4. The van der Waals surface area contributed by atoms with E-state index in [1.807, 2.05) is 36.4 Å². The van der Waals surface area contributed by atoms with Crippen LogP contribution in [-0.4, -0.2) is 43.9 Å². The van der Waals surface area contributed by atoms with Crippen LogP contribution in [0.1, 0.15) is 28.8 Å². The van der Waals surface area contributed by atoms with Gasteiger partial charge in [-0.15, -0.1) is 0 Å². The standard InChI is InChI=1S/C26H26F3N3O2/c1-31(2)23-11-10-19(26(27,28)29)16-22(23)30-24(33)18-12-14-32(15-13-18)25(34)21-9-5-7-17-6-3-4-8-20(17)21/h3-11,16,18H,12-15H2,1-2H3,(H,30,33). The largest absolute Gasteiger partial charge is 0.416 e. The van der Waals surface area contributed by atoms with E-state index < -0.39 is 11.7 Å². The minimum absolute atomic E-state index is 0.0802. The SMILES string of the molecule is CN(C)c1ccc(C(F)(F)F)cc1NC(=O)C1CCN(C(=O)c2cccc3ccccc23)CC1. The number of alkyl halides is 3. The van der Waals surface area contributed by atoms with Gasteiger partial charge in [-0.1, -0.05) is 36.4 Å². The lowest BCUT2D eigenvalue weighted by Gasteiger charge is -2.32. The zero-order chi connectivity index (χ0) is 24.5. The van der Waals surface area contributed by atoms with Crippen molar-refractivity contribution in [1.29, 1.82) is 0 Å². The van der Waals surface area contributed by atoms with Gasteiger partial charge in [0.2, 0.25) is 5.91 Å². The molecule has 2 amide bonds. The third-order valence-corrected chi connectivity index (χ3v) is 6.24. The van der Waals surface area contributed by atoms with E-state index >= 15 is 0 Å². The molecule has 3 aromatic carbocycles. The smallest absolute Gasteiger partial charge is 0.376 e. The number of amides is 2. The van der Waals surface area contributed by atoms with Crippen molar-refractivity contribution in [1.82, 2.24) is 4.90 Å². The first-order chi connectivity index (χ1) is 16.1. The van der Waals surface area contributed by atoms with Crippen LogP contribution in [0.2, 0.25) is 0 Å². The zero-order valence-corrected chi connectivity index (χ0v) is 19.0. The van der Waals surface area contributed by atoms with Gasteiger partial charge in [-0.2, -0.15) is 13.2 Å². The van der Waals surface area contributed by atoms with E-state index in [0.29, 0.717) is 37.2 Å². The van der Waals surface area contributed by atoms with E-state index in [4.69, 9.17) is 0 Å². The van der Waals surface area contributed by atoms with Crippen LogP contribution in [0.25, 0.3) is 10.8 Å². The van der Waals surface area contributed by atoms with E-state index in [-0.39, 0.29) is 23.4 Å². The maximum Gasteiger partial charge on any atom is 0.416 e. The molecule has 1 aliphatic heterocycles. The van der Waals surface area contributed by atoms with Crippen molar-refractivity contribution in [3.8, 4) is 0 Å². The monoisotopic (exact) mass is 469 g/mol. The molecule has 0 saturated carbocycles. The summed E-state index contributed by atoms with van der Waals surface area (Å²) < 4.78 is 39.6. The minimum atomic E-state index is -4.50. The van der Waals surface area contributed by atoms with Crippen LogP contribution in [0.3, 0.4) is 0 Å². The first-order valence-corrected chi connectivity index (χ1v) is 11.1. The molecule has 1 aliphatic rings. The van der Waals surface area contributed by atoms with Crippen LogP contribution in [0.5, 0.6) is 0 Å². The van der Waals surface area contributed by atoms with Crippen molar-refractivity contribution in [2.75, 3.05) is 37.4 Å². The quantitative estimate of drug-likeness (QED) is 0.556. The van der Waals surface area contributed by atoms with E-state index in [2.05, 4.69) is 5.32 Å². The lowest BCUT2D eigenvalue weighted by atomic mass is 9.94. The third-order valence-electron chi connectivity index (χ3n) is 6.24. The fourth-order valence-electron chi connectivity index (χ4n) is 4.36. The van der Waals surface area contributed by atoms with Crippen LogP contribution in [0, 0.1) is 5.92 Å². The van der Waals surface area contributed by atoms with Crippen LogP contribution in [-0.2, 0) is 11.0 Å². The molecule has 0 atom stereocenters. The average Bonchev–Trinajstić information content (AvgIpc) is 2.82. The summed E-state index contributed by atoms with van der Waals surface area (Å²) in [6, 6.07) is 16.6. The molecule has 4 rings (SSSR count). The summed E-state index contributed by atoms with van der Waals surface area (Å²) in [7, 11) is 3.41. The van der Waals surface area contributed by atoms with Gasteiger partial charge in [0.25, 0.3) is 5.91 Å². The molecule has 34 heavy (non-hydrogen) atoms. The molecule has 5 nitrogen and oxygen atoms in total. The predicted molar refractivity (Wildman–Crippen MR) is 127 cm³/mol. The fourth-order valence-corrected chi connectivity index (χ4v) is 4.36. The molecule has 0 aliphatic carbocycles. The van der Waals surface area contributed by atoms with Crippen molar-refractivity contribution in [2.24, 2.45) is 5.92 Å². The number of hydrogen-bond donors (Lipinski definition) is 1. The van der Waals surface area contributed by atoms with E-state index in [9.17, 15) is 22.8 Å². The second-order valence-corrected chi connectivity index (χ2v) is 8.71. The van der Waals surface area contributed by atoms with Crippen LogP contribution < -0.4 is 10.2 Å². The summed E-state index contributed by atoms with van der Waals surface area (Å²) in [6.45, 7) is 0.812. The number of fused-ring (bicyclic) bond motifs is 1. The second kappa shape index (κ2) is 9.37. The van der Waals surface area contributed by atoms with Crippen molar-refractivity contribution >= 4 is 34.0 Å². The number of benzene rings is 3. The molecule has 8 heteroatoms. The zero-order valence-electron chi connectivity index (χ0n) is 19.0. The van der Waals surface area contributed by atoms with Gasteiger partial charge in [0.15, 0.2) is 0 Å². The molecule has 1 N–H and O–H groups in total. The molecule has 0 aromatic heterocycles. The number of rotatable bonds is 4. The maximum atomic E-state index is 13.2. The van der Waals surface area contributed by atoms with Crippen molar-refractivity contribution in [3.05, 3.63) is 71.8 Å². The number of halogens is 3. The molecule has 0 radical (unpaired) electrons. The van der Waals surface area contributed by atoms with E-state index in [0.717, 1.165) is 22.9 Å². The molecule has 0 unspecified atom stereocenters. The lowest BCUT2D eigenvalue weighted by Crippen LogP contribution is -2.41. The van der Waals surface area contributed by atoms with E-state index in [1.165, 1.54) is 6.07 Å². The number of anilines is 2. The Morgan fingerprint density at radius 3 is 2.32 bits per heavy atom. The van der Waals surface area contributed by atoms with Gasteiger partial charge in [-0.25, -0.2) is 0 Å². The summed E-state index contributed by atoms with van der Waals surface area (Å²) in [5.74, 6) is -0.802. The highest BCUT2D eigenvalue weighted by Gasteiger charge is 2.32.